The zero-order valence-electron chi connectivity index (χ0n) is 11.0. The van der Waals surface area contributed by atoms with Crippen molar-refractivity contribution in [2.45, 2.75) is 13.3 Å². The largest absolute Gasteiger partial charge is 0.273 e. The van der Waals surface area contributed by atoms with Crippen molar-refractivity contribution >= 4 is 33.1 Å². The monoisotopic (exact) mass is 314 g/mol. The predicted molar refractivity (Wildman–Crippen MR) is 78.6 cm³/mol. The summed E-state index contributed by atoms with van der Waals surface area (Å²) in [5.41, 5.74) is 3.90. The van der Waals surface area contributed by atoms with Crippen LogP contribution in [0.1, 0.15) is 18.9 Å². The Labute approximate surface area is 122 Å². The molecule has 20 heavy (non-hydrogen) atoms. The minimum Gasteiger partial charge on any atom is -0.273 e. The average molecular weight is 315 g/mol. The summed E-state index contributed by atoms with van der Waals surface area (Å²) in [6.45, 7) is 1.76. The first-order valence-corrected chi connectivity index (χ1v) is 8.38. The number of nitrogens with one attached hydrogen (secondary N) is 1. The first kappa shape index (κ1) is 15.0. The van der Waals surface area contributed by atoms with Gasteiger partial charge in [0.05, 0.1) is 23.1 Å². The number of nitrogens with zero attached hydrogens (tertiary/aromatic N) is 1. The number of carbonyl (C=O) groups is 1. The Hall–Kier alpha value is -1.40. The topological polar surface area (TPSA) is 75.6 Å². The van der Waals surface area contributed by atoms with Gasteiger partial charge in [-0.3, -0.25) is 4.79 Å². The smallest absolute Gasteiger partial charge is 0.244 e. The third-order valence-electron chi connectivity index (χ3n) is 3.20. The Kier molecular flexibility index (Phi) is 4.45. The third-order valence-corrected chi connectivity index (χ3v) is 5.22. The molecule has 1 aromatic carbocycles. The number of hydrazone groups is 1. The zero-order valence-corrected chi connectivity index (χ0v) is 12.5. The first-order valence-electron chi connectivity index (χ1n) is 6.18. The number of sulfone groups is 1. The van der Waals surface area contributed by atoms with Crippen LogP contribution in [0.25, 0.3) is 0 Å². The van der Waals surface area contributed by atoms with Gasteiger partial charge in [-0.05, 0) is 31.0 Å². The van der Waals surface area contributed by atoms with Crippen molar-refractivity contribution < 1.29 is 13.2 Å². The molecule has 0 bridgehead atoms. The number of benzene rings is 1. The summed E-state index contributed by atoms with van der Waals surface area (Å²) in [5, 5.41) is 4.62. The Bertz CT molecular complexity index is 638. The van der Waals surface area contributed by atoms with Gasteiger partial charge >= 0.3 is 0 Å². The van der Waals surface area contributed by atoms with Crippen LogP contribution in [0.15, 0.2) is 29.4 Å². The van der Waals surface area contributed by atoms with Crippen LogP contribution in [0.5, 0.6) is 0 Å². The fourth-order valence-electron chi connectivity index (χ4n) is 1.99. The Morgan fingerprint density at radius 1 is 1.35 bits per heavy atom. The molecule has 5 nitrogen and oxygen atoms in total. The summed E-state index contributed by atoms with van der Waals surface area (Å²) < 4.78 is 22.6. The lowest BCUT2D eigenvalue weighted by molar-refractivity contribution is -0.124. The van der Waals surface area contributed by atoms with Crippen LogP contribution >= 0.6 is 11.6 Å². The van der Waals surface area contributed by atoms with Gasteiger partial charge in [0.15, 0.2) is 9.84 Å². The van der Waals surface area contributed by atoms with E-state index < -0.39 is 15.8 Å². The molecule has 1 aliphatic heterocycles. The van der Waals surface area contributed by atoms with Crippen molar-refractivity contribution in [2.75, 3.05) is 11.5 Å². The third kappa shape index (κ3) is 3.80. The molecule has 0 saturated carbocycles. The molecule has 0 aliphatic carbocycles. The molecule has 1 heterocycles. The summed E-state index contributed by atoms with van der Waals surface area (Å²) in [5.74, 6) is -0.861. The van der Waals surface area contributed by atoms with Gasteiger partial charge < -0.3 is 0 Å². The maximum Gasteiger partial charge on any atom is 0.244 e. The molecule has 1 saturated heterocycles. The highest BCUT2D eigenvalue weighted by molar-refractivity contribution is 7.91. The molecule has 1 amide bonds. The van der Waals surface area contributed by atoms with Crippen LogP contribution in [0, 0.1) is 5.92 Å². The molecule has 0 radical (unpaired) electrons. The average Bonchev–Trinajstić information content (AvgIpc) is 2.77. The fraction of sp³-hybridized carbons (Fsp3) is 0.385. The summed E-state index contributed by atoms with van der Waals surface area (Å²) in [6.07, 6.45) is 0.365. The second kappa shape index (κ2) is 5.93. The van der Waals surface area contributed by atoms with Gasteiger partial charge in [-0.15, -0.1) is 0 Å². The number of halogens is 1. The summed E-state index contributed by atoms with van der Waals surface area (Å²) in [4.78, 5) is 11.8. The Balaban J connectivity index is 1.98. The molecule has 1 fully saturated rings. The normalized spacial score (nSPS) is 21.7. The van der Waals surface area contributed by atoms with Gasteiger partial charge in [0, 0.05) is 5.02 Å². The van der Waals surface area contributed by atoms with Crippen LogP contribution in [-0.4, -0.2) is 31.5 Å². The lowest BCUT2D eigenvalue weighted by Gasteiger charge is -2.06. The molecule has 1 N–H and O–H groups in total. The lowest BCUT2D eigenvalue weighted by atomic mass is 10.1. The molecule has 2 rings (SSSR count). The molecular formula is C13H15ClN2O3S. The Morgan fingerprint density at radius 3 is 2.55 bits per heavy atom. The van der Waals surface area contributed by atoms with Crippen LogP contribution in [0.2, 0.25) is 5.02 Å². The number of hydrogen-bond donors (Lipinski definition) is 1. The standard InChI is InChI=1S/C13H15ClN2O3S/c1-9(10-2-4-12(14)5-3-10)15-16-13(17)11-6-7-20(18,19)8-11/h2-5,11H,6-8H2,1H3,(H,16,17)/b15-9-/t11-/m0/s1. The van der Waals surface area contributed by atoms with E-state index in [9.17, 15) is 13.2 Å². The molecule has 1 aliphatic rings. The van der Waals surface area contributed by atoms with Crippen molar-refractivity contribution in [2.24, 2.45) is 11.0 Å². The van der Waals surface area contributed by atoms with Crippen molar-refractivity contribution in [3.8, 4) is 0 Å². The zero-order chi connectivity index (χ0) is 14.8. The minimum atomic E-state index is -3.06. The van der Waals surface area contributed by atoms with E-state index >= 15 is 0 Å². The van der Waals surface area contributed by atoms with E-state index in [1.54, 1.807) is 31.2 Å². The number of rotatable bonds is 3. The minimum absolute atomic E-state index is 0.0744. The van der Waals surface area contributed by atoms with Gasteiger partial charge in [-0.2, -0.15) is 5.10 Å². The second-order valence-corrected chi connectivity index (χ2v) is 7.45. The lowest BCUT2D eigenvalue weighted by Crippen LogP contribution is -2.28. The van der Waals surface area contributed by atoms with Crippen LogP contribution < -0.4 is 5.43 Å². The van der Waals surface area contributed by atoms with E-state index in [-0.39, 0.29) is 17.4 Å². The fourth-order valence-corrected chi connectivity index (χ4v) is 3.86. The molecule has 108 valence electrons. The summed E-state index contributed by atoms with van der Waals surface area (Å²) >= 11 is 5.79. The molecule has 7 heteroatoms. The van der Waals surface area contributed by atoms with Crippen molar-refractivity contribution in [3.63, 3.8) is 0 Å². The van der Waals surface area contributed by atoms with Crippen LogP contribution in [-0.2, 0) is 14.6 Å². The molecule has 1 atom stereocenters. The number of amides is 1. The van der Waals surface area contributed by atoms with Crippen molar-refractivity contribution in [1.29, 1.82) is 0 Å². The molecule has 0 unspecified atom stereocenters. The van der Waals surface area contributed by atoms with Gasteiger partial charge in [0.1, 0.15) is 0 Å². The SMILES string of the molecule is C/C(=N/NC(=O)[C@H]1CCS(=O)(=O)C1)c1ccc(Cl)cc1. The summed E-state index contributed by atoms with van der Waals surface area (Å²) in [6, 6.07) is 7.07. The molecule has 0 aromatic heterocycles. The van der Waals surface area contributed by atoms with Gasteiger partial charge in [-0.25, -0.2) is 13.8 Å². The second-order valence-electron chi connectivity index (χ2n) is 4.78. The molecular weight excluding hydrogens is 300 g/mol. The highest BCUT2D eigenvalue weighted by atomic mass is 35.5. The van der Waals surface area contributed by atoms with E-state index in [0.29, 0.717) is 17.2 Å². The van der Waals surface area contributed by atoms with Gasteiger partial charge in [0.25, 0.3) is 0 Å². The molecule has 1 aromatic rings. The number of carbonyl (C=O) groups excluding carboxylic acids is 1. The highest BCUT2D eigenvalue weighted by Gasteiger charge is 2.32. The van der Waals surface area contributed by atoms with Crippen LogP contribution in [0.3, 0.4) is 0 Å². The van der Waals surface area contributed by atoms with Crippen molar-refractivity contribution in [3.05, 3.63) is 34.9 Å². The van der Waals surface area contributed by atoms with Crippen LogP contribution in [0.4, 0.5) is 0 Å². The van der Waals surface area contributed by atoms with E-state index in [0.717, 1.165) is 5.56 Å². The van der Waals surface area contributed by atoms with E-state index in [2.05, 4.69) is 10.5 Å². The van der Waals surface area contributed by atoms with Crippen molar-refractivity contribution in [1.82, 2.24) is 5.43 Å². The Morgan fingerprint density at radius 2 is 2.00 bits per heavy atom. The maximum absolute atomic E-state index is 11.8. The molecule has 0 spiro atoms. The first-order chi connectivity index (χ1) is 9.37. The maximum atomic E-state index is 11.8. The number of hydrogen-bond acceptors (Lipinski definition) is 4. The quantitative estimate of drug-likeness (QED) is 0.680. The highest BCUT2D eigenvalue weighted by Crippen LogP contribution is 2.18. The van der Waals surface area contributed by atoms with Gasteiger partial charge in [0.2, 0.25) is 5.91 Å². The van der Waals surface area contributed by atoms with E-state index in [1.807, 2.05) is 0 Å². The van der Waals surface area contributed by atoms with E-state index in [1.165, 1.54) is 0 Å². The van der Waals surface area contributed by atoms with Gasteiger partial charge in [-0.1, -0.05) is 23.7 Å². The summed E-state index contributed by atoms with van der Waals surface area (Å²) in [7, 11) is -3.06. The predicted octanol–water partition coefficient (Wildman–Crippen LogP) is 1.61. The van der Waals surface area contributed by atoms with E-state index in [4.69, 9.17) is 11.6 Å².